The highest BCUT2D eigenvalue weighted by atomic mass is 16.5. The quantitative estimate of drug-likeness (QED) is 0.850. The second-order valence-electron chi connectivity index (χ2n) is 4.80. The topological polar surface area (TPSA) is 71.6 Å². The molecule has 2 unspecified atom stereocenters. The van der Waals surface area contributed by atoms with Crippen LogP contribution < -0.4 is 15.4 Å². The van der Waals surface area contributed by atoms with E-state index in [1.165, 1.54) is 0 Å². The molecule has 1 aliphatic carbocycles. The van der Waals surface area contributed by atoms with Crippen molar-refractivity contribution in [2.24, 2.45) is 0 Å². The van der Waals surface area contributed by atoms with Gasteiger partial charge in [-0.15, -0.1) is 0 Å². The zero-order chi connectivity index (χ0) is 13.1. The van der Waals surface area contributed by atoms with E-state index in [-0.39, 0.29) is 12.1 Å². The summed E-state index contributed by atoms with van der Waals surface area (Å²) in [5.74, 6) is 1.22. The van der Waals surface area contributed by atoms with Gasteiger partial charge < -0.3 is 20.5 Å². The number of hydrogen-bond acceptors (Lipinski definition) is 5. The molecule has 5 nitrogen and oxygen atoms in total. The Morgan fingerprint density at radius 3 is 2.78 bits per heavy atom. The van der Waals surface area contributed by atoms with E-state index in [1.54, 1.807) is 19.2 Å². The molecule has 1 saturated carbocycles. The molecule has 0 saturated heterocycles. The fourth-order valence-electron chi connectivity index (χ4n) is 2.54. The zero-order valence-corrected chi connectivity index (χ0v) is 11.0. The number of nitrogens with zero attached hydrogens (tertiary/aromatic N) is 2. The van der Waals surface area contributed by atoms with Gasteiger partial charge in [-0.05, 0) is 18.9 Å². The van der Waals surface area contributed by atoms with Crippen LogP contribution in [0.2, 0.25) is 0 Å². The van der Waals surface area contributed by atoms with Crippen molar-refractivity contribution in [1.82, 2.24) is 4.98 Å². The van der Waals surface area contributed by atoms with Crippen molar-refractivity contribution in [3.8, 4) is 5.88 Å². The second-order valence-corrected chi connectivity index (χ2v) is 4.80. The molecule has 2 atom stereocenters. The molecule has 0 spiro atoms. The number of aliphatic hydroxyl groups excluding tert-OH is 1. The Bertz CT molecular complexity index is 411. The monoisotopic (exact) mass is 251 g/mol. The molecule has 3 N–H and O–H groups in total. The number of ether oxygens (including phenoxy) is 1. The van der Waals surface area contributed by atoms with Gasteiger partial charge in [-0.3, -0.25) is 0 Å². The largest absolute Gasteiger partial charge is 0.481 e. The van der Waals surface area contributed by atoms with Gasteiger partial charge in [-0.2, -0.15) is 4.98 Å². The fraction of sp³-hybridized carbons (Fsp3) is 0.615. The van der Waals surface area contributed by atoms with E-state index >= 15 is 0 Å². The van der Waals surface area contributed by atoms with E-state index < -0.39 is 0 Å². The van der Waals surface area contributed by atoms with Crippen molar-refractivity contribution < 1.29 is 9.84 Å². The number of likely N-dealkylation sites (N-methyl/N-ethyl adjacent to an activating group) is 1. The third kappa shape index (κ3) is 2.51. The highest BCUT2D eigenvalue weighted by Gasteiger charge is 2.28. The van der Waals surface area contributed by atoms with Crippen LogP contribution >= 0.6 is 0 Å². The number of pyridine rings is 1. The Balaban J connectivity index is 2.23. The summed E-state index contributed by atoms with van der Waals surface area (Å²) in [4.78, 5) is 6.34. The lowest BCUT2D eigenvalue weighted by atomic mass is 9.91. The molecule has 0 radical (unpaired) electrons. The van der Waals surface area contributed by atoms with Crippen molar-refractivity contribution in [2.75, 3.05) is 24.8 Å². The molecular weight excluding hydrogens is 230 g/mol. The number of nitrogen functional groups attached to an aromatic ring is 1. The summed E-state index contributed by atoms with van der Waals surface area (Å²) in [5, 5.41) is 10.1. The molecule has 1 aromatic rings. The highest BCUT2D eigenvalue weighted by molar-refractivity contribution is 5.63. The molecular formula is C13H21N3O2. The van der Waals surface area contributed by atoms with Gasteiger partial charge in [0, 0.05) is 13.1 Å². The third-order valence-electron chi connectivity index (χ3n) is 3.61. The standard InChI is InChI=1S/C13H21N3O2/c1-16(10-5-3-4-6-11(10)17)13-9(14)7-8-12(15-13)18-2/h7-8,10-11,17H,3-6,14H2,1-2H3. The average Bonchev–Trinajstić information content (AvgIpc) is 2.39. The summed E-state index contributed by atoms with van der Waals surface area (Å²) in [6.07, 6.45) is 3.73. The van der Waals surface area contributed by atoms with Crippen LogP contribution in [0.1, 0.15) is 25.7 Å². The first-order chi connectivity index (χ1) is 8.63. The van der Waals surface area contributed by atoms with E-state index in [2.05, 4.69) is 4.98 Å². The third-order valence-corrected chi connectivity index (χ3v) is 3.61. The van der Waals surface area contributed by atoms with Gasteiger partial charge >= 0.3 is 0 Å². The molecule has 0 aliphatic heterocycles. The van der Waals surface area contributed by atoms with Gasteiger partial charge in [-0.1, -0.05) is 12.8 Å². The minimum absolute atomic E-state index is 0.0839. The number of aliphatic hydroxyl groups is 1. The first kappa shape index (κ1) is 13.0. The number of anilines is 2. The Hall–Kier alpha value is -1.49. The van der Waals surface area contributed by atoms with Gasteiger partial charge in [-0.25, -0.2) is 0 Å². The van der Waals surface area contributed by atoms with Crippen LogP contribution in [0.15, 0.2) is 12.1 Å². The minimum Gasteiger partial charge on any atom is -0.481 e. The second kappa shape index (κ2) is 5.44. The first-order valence-corrected chi connectivity index (χ1v) is 6.35. The molecule has 18 heavy (non-hydrogen) atoms. The predicted octanol–water partition coefficient (Wildman–Crippen LogP) is 1.41. The van der Waals surface area contributed by atoms with E-state index in [9.17, 15) is 5.11 Å². The number of hydrogen-bond donors (Lipinski definition) is 2. The molecule has 1 heterocycles. The number of aromatic nitrogens is 1. The summed E-state index contributed by atoms with van der Waals surface area (Å²) in [6, 6.07) is 3.61. The SMILES string of the molecule is COc1ccc(N)c(N(C)C2CCCCC2O)n1. The van der Waals surface area contributed by atoms with Crippen molar-refractivity contribution in [3.63, 3.8) is 0 Å². The Morgan fingerprint density at radius 2 is 2.11 bits per heavy atom. The molecule has 1 aromatic heterocycles. The van der Waals surface area contributed by atoms with Crippen LogP contribution in [0.5, 0.6) is 5.88 Å². The van der Waals surface area contributed by atoms with Crippen molar-refractivity contribution >= 4 is 11.5 Å². The summed E-state index contributed by atoms with van der Waals surface area (Å²) in [7, 11) is 3.51. The average molecular weight is 251 g/mol. The van der Waals surface area contributed by atoms with E-state index in [0.29, 0.717) is 17.4 Å². The molecule has 0 amide bonds. The molecule has 1 aliphatic rings. The van der Waals surface area contributed by atoms with Crippen LogP contribution in [-0.2, 0) is 0 Å². The number of rotatable bonds is 3. The molecule has 100 valence electrons. The smallest absolute Gasteiger partial charge is 0.215 e. The van der Waals surface area contributed by atoms with Crippen LogP contribution in [0.25, 0.3) is 0 Å². The van der Waals surface area contributed by atoms with Crippen LogP contribution in [0, 0.1) is 0 Å². The number of methoxy groups -OCH3 is 1. The van der Waals surface area contributed by atoms with E-state index in [4.69, 9.17) is 10.5 Å². The first-order valence-electron chi connectivity index (χ1n) is 6.35. The maximum Gasteiger partial charge on any atom is 0.215 e. The van der Waals surface area contributed by atoms with Crippen molar-refractivity contribution in [2.45, 2.75) is 37.8 Å². The van der Waals surface area contributed by atoms with Crippen LogP contribution in [-0.4, -0.2) is 36.4 Å². The Labute approximate surface area is 108 Å². The fourth-order valence-corrected chi connectivity index (χ4v) is 2.54. The molecule has 0 aromatic carbocycles. The normalized spacial score (nSPS) is 23.7. The van der Waals surface area contributed by atoms with Gasteiger partial charge in [0.1, 0.15) is 0 Å². The van der Waals surface area contributed by atoms with Crippen LogP contribution in [0.3, 0.4) is 0 Å². The summed E-state index contributed by atoms with van der Waals surface area (Å²) in [6.45, 7) is 0. The molecule has 2 rings (SSSR count). The predicted molar refractivity (Wildman–Crippen MR) is 71.9 cm³/mol. The molecule has 1 fully saturated rings. The lowest BCUT2D eigenvalue weighted by Gasteiger charge is -2.36. The summed E-state index contributed by atoms with van der Waals surface area (Å²) in [5.41, 5.74) is 6.56. The van der Waals surface area contributed by atoms with Gasteiger partial charge in [0.25, 0.3) is 0 Å². The van der Waals surface area contributed by atoms with Gasteiger partial charge in [0.15, 0.2) is 5.82 Å². The minimum atomic E-state index is -0.309. The summed E-state index contributed by atoms with van der Waals surface area (Å²) >= 11 is 0. The Kier molecular flexibility index (Phi) is 3.91. The molecule has 0 bridgehead atoms. The summed E-state index contributed by atoms with van der Waals surface area (Å²) < 4.78 is 5.12. The van der Waals surface area contributed by atoms with Crippen LogP contribution in [0.4, 0.5) is 11.5 Å². The van der Waals surface area contributed by atoms with E-state index in [0.717, 1.165) is 25.7 Å². The van der Waals surface area contributed by atoms with E-state index in [1.807, 2.05) is 11.9 Å². The molecule has 5 heteroatoms. The van der Waals surface area contributed by atoms with Gasteiger partial charge in [0.2, 0.25) is 5.88 Å². The Morgan fingerprint density at radius 1 is 1.39 bits per heavy atom. The number of nitrogens with two attached hydrogens (primary N) is 1. The van der Waals surface area contributed by atoms with Crippen molar-refractivity contribution in [1.29, 1.82) is 0 Å². The maximum absolute atomic E-state index is 10.1. The highest BCUT2D eigenvalue weighted by Crippen LogP contribution is 2.29. The zero-order valence-electron chi connectivity index (χ0n) is 11.0. The lowest BCUT2D eigenvalue weighted by Crippen LogP contribution is -2.44. The van der Waals surface area contributed by atoms with Crippen molar-refractivity contribution in [3.05, 3.63) is 12.1 Å². The van der Waals surface area contributed by atoms with Gasteiger partial charge in [0.05, 0.1) is 24.9 Å². The lowest BCUT2D eigenvalue weighted by molar-refractivity contribution is 0.106. The maximum atomic E-state index is 10.1.